The summed E-state index contributed by atoms with van der Waals surface area (Å²) in [6, 6.07) is 0. The number of likely N-dealkylation sites (tertiary alicyclic amines) is 1. The van der Waals surface area contributed by atoms with Gasteiger partial charge in [-0.1, -0.05) is 19.3 Å². The highest BCUT2D eigenvalue weighted by molar-refractivity contribution is 5.80. The first-order valence-corrected chi connectivity index (χ1v) is 9.51. The summed E-state index contributed by atoms with van der Waals surface area (Å²) in [5.41, 5.74) is 0.517. The summed E-state index contributed by atoms with van der Waals surface area (Å²) in [4.78, 5) is 7.29. The molecule has 25 heavy (non-hydrogen) atoms. The second-order valence-electron chi connectivity index (χ2n) is 7.51. The highest BCUT2D eigenvalue weighted by Crippen LogP contribution is 2.43. The molecule has 2 aliphatic rings. The topological polar surface area (TPSA) is 67.6 Å². The molecule has 140 valence electrons. The van der Waals surface area contributed by atoms with Crippen molar-refractivity contribution in [3.05, 3.63) is 11.6 Å². The summed E-state index contributed by atoms with van der Waals surface area (Å²) >= 11 is 0. The molecular weight excluding hydrogens is 316 g/mol. The van der Waals surface area contributed by atoms with Crippen LogP contribution in [0.4, 0.5) is 0 Å². The molecule has 0 amide bonds. The number of ether oxygens (including phenoxy) is 1. The normalized spacial score (nSPS) is 20.4. The fourth-order valence-corrected chi connectivity index (χ4v) is 4.09. The van der Waals surface area contributed by atoms with Gasteiger partial charge in [-0.15, -0.1) is 10.2 Å². The Hall–Kier alpha value is -1.63. The largest absolute Gasteiger partial charge is 0.383 e. The van der Waals surface area contributed by atoms with Crippen molar-refractivity contribution in [1.29, 1.82) is 0 Å². The Labute approximate surface area is 150 Å². The van der Waals surface area contributed by atoms with Crippen molar-refractivity contribution in [2.45, 2.75) is 52.0 Å². The average Bonchev–Trinajstić information content (AvgIpc) is 3.17. The molecule has 1 aliphatic carbocycles. The van der Waals surface area contributed by atoms with E-state index < -0.39 is 0 Å². The van der Waals surface area contributed by atoms with Gasteiger partial charge >= 0.3 is 0 Å². The van der Waals surface area contributed by atoms with Crippen molar-refractivity contribution in [1.82, 2.24) is 25.0 Å². The van der Waals surface area contributed by atoms with E-state index in [1.165, 1.54) is 38.5 Å². The molecule has 2 fully saturated rings. The number of methoxy groups -OCH3 is 1. The van der Waals surface area contributed by atoms with Crippen LogP contribution in [0, 0.1) is 12.3 Å². The SMILES string of the molecule is COCCNC(=NCc1nnc(C)n1C)N1CCC2(CCCCC2)C1. The molecule has 1 aromatic heterocycles. The van der Waals surface area contributed by atoms with E-state index in [0.717, 1.165) is 37.2 Å². The number of aliphatic imine (C=N–C) groups is 1. The zero-order chi connectivity index (χ0) is 17.7. The van der Waals surface area contributed by atoms with Gasteiger partial charge in [0.05, 0.1) is 6.61 Å². The van der Waals surface area contributed by atoms with E-state index in [1.807, 2.05) is 18.5 Å². The Morgan fingerprint density at radius 3 is 2.72 bits per heavy atom. The predicted molar refractivity (Wildman–Crippen MR) is 98.5 cm³/mol. The summed E-state index contributed by atoms with van der Waals surface area (Å²) in [7, 11) is 3.72. The van der Waals surface area contributed by atoms with Gasteiger partial charge in [-0.3, -0.25) is 0 Å². The number of nitrogens with one attached hydrogen (secondary N) is 1. The lowest BCUT2D eigenvalue weighted by atomic mass is 9.73. The van der Waals surface area contributed by atoms with E-state index in [4.69, 9.17) is 9.73 Å². The second kappa shape index (κ2) is 8.17. The van der Waals surface area contributed by atoms with Crippen LogP contribution in [0.1, 0.15) is 50.2 Å². The van der Waals surface area contributed by atoms with Crippen molar-refractivity contribution >= 4 is 5.96 Å². The maximum atomic E-state index is 5.19. The number of aromatic nitrogens is 3. The molecular formula is C18H32N6O. The van der Waals surface area contributed by atoms with Gasteiger partial charge in [0.25, 0.3) is 0 Å². The number of rotatable bonds is 5. The molecule has 1 saturated carbocycles. The smallest absolute Gasteiger partial charge is 0.194 e. The van der Waals surface area contributed by atoms with Crippen LogP contribution in [0.2, 0.25) is 0 Å². The zero-order valence-electron chi connectivity index (χ0n) is 15.9. The van der Waals surface area contributed by atoms with Gasteiger partial charge in [-0.25, -0.2) is 4.99 Å². The molecule has 3 rings (SSSR count). The van der Waals surface area contributed by atoms with Gasteiger partial charge in [0.1, 0.15) is 12.4 Å². The molecule has 1 aliphatic heterocycles. The summed E-state index contributed by atoms with van der Waals surface area (Å²) in [6.07, 6.45) is 8.21. The first-order chi connectivity index (χ1) is 12.1. The van der Waals surface area contributed by atoms with Gasteiger partial charge in [0, 0.05) is 33.8 Å². The lowest BCUT2D eigenvalue weighted by Gasteiger charge is -2.33. The van der Waals surface area contributed by atoms with Gasteiger partial charge in [-0.2, -0.15) is 0 Å². The summed E-state index contributed by atoms with van der Waals surface area (Å²) in [5, 5.41) is 11.8. The van der Waals surface area contributed by atoms with Crippen LogP contribution >= 0.6 is 0 Å². The molecule has 7 heteroatoms. The Morgan fingerprint density at radius 1 is 1.24 bits per heavy atom. The first kappa shape index (κ1) is 18.2. The van der Waals surface area contributed by atoms with Crippen LogP contribution in [-0.4, -0.2) is 59.0 Å². The van der Waals surface area contributed by atoms with E-state index in [-0.39, 0.29) is 0 Å². The van der Waals surface area contributed by atoms with E-state index in [9.17, 15) is 0 Å². The lowest BCUT2D eigenvalue weighted by Crippen LogP contribution is -2.42. The predicted octanol–water partition coefficient (Wildman–Crippen LogP) is 1.87. The fraction of sp³-hybridized carbons (Fsp3) is 0.833. The number of aryl methyl sites for hydroxylation is 1. The van der Waals surface area contributed by atoms with E-state index >= 15 is 0 Å². The van der Waals surface area contributed by atoms with Gasteiger partial charge in [0.15, 0.2) is 11.8 Å². The maximum absolute atomic E-state index is 5.19. The minimum absolute atomic E-state index is 0.517. The van der Waals surface area contributed by atoms with E-state index in [1.54, 1.807) is 7.11 Å². The van der Waals surface area contributed by atoms with Gasteiger partial charge in [-0.05, 0) is 31.6 Å². The minimum atomic E-state index is 0.517. The molecule has 0 unspecified atom stereocenters. The Bertz CT molecular complexity index is 590. The zero-order valence-corrected chi connectivity index (χ0v) is 15.9. The molecule has 0 radical (unpaired) electrons. The Balaban J connectivity index is 1.68. The summed E-state index contributed by atoms with van der Waals surface area (Å²) < 4.78 is 7.19. The molecule has 2 heterocycles. The van der Waals surface area contributed by atoms with Crippen LogP contribution in [0.3, 0.4) is 0 Å². The summed E-state index contributed by atoms with van der Waals surface area (Å²) in [6.45, 7) is 6.19. The van der Waals surface area contributed by atoms with Crippen molar-refractivity contribution in [3.63, 3.8) is 0 Å². The highest BCUT2D eigenvalue weighted by Gasteiger charge is 2.39. The van der Waals surface area contributed by atoms with Crippen LogP contribution in [0.25, 0.3) is 0 Å². The first-order valence-electron chi connectivity index (χ1n) is 9.51. The maximum Gasteiger partial charge on any atom is 0.194 e. The van der Waals surface area contributed by atoms with Crippen molar-refractivity contribution in [2.75, 3.05) is 33.4 Å². The molecule has 0 atom stereocenters. The number of guanidine groups is 1. The van der Waals surface area contributed by atoms with Gasteiger partial charge in [0.2, 0.25) is 0 Å². The van der Waals surface area contributed by atoms with Crippen LogP contribution in [0.15, 0.2) is 4.99 Å². The molecule has 1 saturated heterocycles. The molecule has 0 aromatic carbocycles. The fourth-order valence-electron chi connectivity index (χ4n) is 4.09. The van der Waals surface area contributed by atoms with E-state index in [0.29, 0.717) is 18.6 Å². The quantitative estimate of drug-likeness (QED) is 0.500. The molecule has 1 aromatic rings. The third-order valence-corrected chi connectivity index (χ3v) is 5.79. The number of hydrogen-bond donors (Lipinski definition) is 1. The van der Waals surface area contributed by atoms with Crippen LogP contribution < -0.4 is 5.32 Å². The monoisotopic (exact) mass is 348 g/mol. The second-order valence-corrected chi connectivity index (χ2v) is 7.51. The molecule has 1 N–H and O–H groups in total. The number of nitrogens with zero attached hydrogens (tertiary/aromatic N) is 5. The van der Waals surface area contributed by atoms with Gasteiger partial charge < -0.3 is 19.5 Å². The van der Waals surface area contributed by atoms with E-state index in [2.05, 4.69) is 20.4 Å². The highest BCUT2D eigenvalue weighted by atomic mass is 16.5. The average molecular weight is 348 g/mol. The third kappa shape index (κ3) is 4.32. The van der Waals surface area contributed by atoms with Crippen LogP contribution in [0.5, 0.6) is 0 Å². The van der Waals surface area contributed by atoms with Crippen molar-refractivity contribution in [3.8, 4) is 0 Å². The number of hydrogen-bond acceptors (Lipinski definition) is 4. The van der Waals surface area contributed by atoms with Crippen molar-refractivity contribution in [2.24, 2.45) is 17.5 Å². The minimum Gasteiger partial charge on any atom is -0.383 e. The molecule has 7 nitrogen and oxygen atoms in total. The third-order valence-electron chi connectivity index (χ3n) is 5.79. The Kier molecular flexibility index (Phi) is 5.93. The molecule has 1 spiro atoms. The lowest BCUT2D eigenvalue weighted by molar-refractivity contribution is 0.198. The standard InChI is InChI=1S/C18H32N6O/c1-15-21-22-16(23(15)2)13-20-17(19-10-12-25-3)24-11-9-18(14-24)7-5-4-6-8-18/h4-14H2,1-3H3,(H,19,20). The van der Waals surface area contributed by atoms with Crippen molar-refractivity contribution < 1.29 is 4.74 Å². The Morgan fingerprint density at radius 2 is 2.04 bits per heavy atom. The summed E-state index contributed by atoms with van der Waals surface area (Å²) in [5.74, 6) is 2.80. The molecule has 0 bridgehead atoms. The van der Waals surface area contributed by atoms with Crippen LogP contribution in [-0.2, 0) is 18.3 Å².